The van der Waals surface area contributed by atoms with Crippen LogP contribution in [0, 0.1) is 0 Å². The molecular formula is C36H24N4. The van der Waals surface area contributed by atoms with Crippen LogP contribution < -0.4 is 5.32 Å². The highest BCUT2D eigenvalue weighted by Gasteiger charge is 2.19. The minimum atomic E-state index is 0.910. The molecule has 0 amide bonds. The second-order valence-corrected chi connectivity index (χ2v) is 9.99. The van der Waals surface area contributed by atoms with Gasteiger partial charge in [-0.25, -0.2) is 4.98 Å². The van der Waals surface area contributed by atoms with Crippen LogP contribution >= 0.6 is 0 Å². The summed E-state index contributed by atoms with van der Waals surface area (Å²) in [5.74, 6) is 0.910. The Kier molecular flexibility index (Phi) is 5.10. The Morgan fingerprint density at radius 2 is 1.23 bits per heavy atom. The molecule has 1 aliphatic heterocycles. The first-order chi connectivity index (χ1) is 19.8. The molecule has 0 saturated carbocycles. The normalized spacial score (nSPS) is 12.1. The molecule has 0 aliphatic carbocycles. The molecule has 0 bridgehead atoms. The molecular weight excluding hydrogens is 488 g/mol. The summed E-state index contributed by atoms with van der Waals surface area (Å²) in [5.41, 5.74) is 11.0. The Morgan fingerprint density at radius 3 is 2.00 bits per heavy atom. The van der Waals surface area contributed by atoms with Gasteiger partial charge in [-0.05, 0) is 53.1 Å². The van der Waals surface area contributed by atoms with E-state index in [-0.39, 0.29) is 0 Å². The largest absolute Gasteiger partial charge is 0.353 e. The van der Waals surface area contributed by atoms with E-state index in [1.165, 1.54) is 10.8 Å². The van der Waals surface area contributed by atoms with Crippen LogP contribution in [0.4, 0.5) is 11.4 Å². The number of hydrogen-bond donors (Lipinski definition) is 1. The van der Waals surface area contributed by atoms with E-state index in [1.807, 2.05) is 36.7 Å². The van der Waals surface area contributed by atoms with Gasteiger partial charge in [-0.1, -0.05) is 91.0 Å². The second-order valence-electron chi connectivity index (χ2n) is 9.99. The average Bonchev–Trinajstić information content (AvgIpc) is 3.22. The zero-order chi connectivity index (χ0) is 26.5. The number of pyridine rings is 2. The van der Waals surface area contributed by atoms with Crippen LogP contribution in [0.1, 0.15) is 11.1 Å². The summed E-state index contributed by atoms with van der Waals surface area (Å²) >= 11 is 0. The Morgan fingerprint density at radius 1 is 0.525 bits per heavy atom. The van der Waals surface area contributed by atoms with E-state index in [0.29, 0.717) is 0 Å². The van der Waals surface area contributed by atoms with Gasteiger partial charge in [-0.15, -0.1) is 0 Å². The molecule has 3 aromatic heterocycles. The first kappa shape index (κ1) is 22.5. The van der Waals surface area contributed by atoms with Crippen molar-refractivity contribution in [2.45, 2.75) is 0 Å². The van der Waals surface area contributed by atoms with E-state index in [4.69, 9.17) is 4.98 Å². The van der Waals surface area contributed by atoms with Gasteiger partial charge in [0.15, 0.2) is 0 Å². The van der Waals surface area contributed by atoms with Crippen LogP contribution in [0.15, 0.2) is 128 Å². The van der Waals surface area contributed by atoms with E-state index in [9.17, 15) is 0 Å². The maximum absolute atomic E-state index is 4.71. The van der Waals surface area contributed by atoms with Crippen LogP contribution in [-0.4, -0.2) is 14.5 Å². The third kappa shape index (κ3) is 3.54. The number of rotatable bonds is 3. The van der Waals surface area contributed by atoms with Gasteiger partial charge in [0.25, 0.3) is 0 Å². The van der Waals surface area contributed by atoms with Gasteiger partial charge < -0.3 is 5.32 Å². The SMILES string of the molecule is C1=Cc2cccc(-c3ccccn3)c2Nc2c1cccc2-c1ccc2c3ccccc3n(-c3ccccn3)c2c1. The minimum absolute atomic E-state index is 0.910. The van der Waals surface area contributed by atoms with Crippen molar-refractivity contribution in [3.63, 3.8) is 0 Å². The summed E-state index contributed by atoms with van der Waals surface area (Å²) in [4.78, 5) is 9.35. The molecule has 1 N–H and O–H groups in total. The Balaban J connectivity index is 1.34. The van der Waals surface area contributed by atoms with E-state index in [1.54, 1.807) is 0 Å². The second kappa shape index (κ2) is 9.07. The van der Waals surface area contributed by atoms with Crippen LogP contribution in [-0.2, 0) is 0 Å². The zero-order valence-electron chi connectivity index (χ0n) is 21.6. The molecule has 1 aliphatic rings. The number of aromatic nitrogens is 3. The number of fused-ring (bicyclic) bond motifs is 5. The maximum atomic E-state index is 4.71. The first-order valence-corrected chi connectivity index (χ1v) is 13.4. The first-order valence-electron chi connectivity index (χ1n) is 13.4. The number of para-hydroxylation sites is 3. The number of nitrogens with zero attached hydrogens (tertiary/aromatic N) is 3. The molecule has 0 atom stereocenters. The van der Waals surface area contributed by atoms with E-state index >= 15 is 0 Å². The lowest BCUT2D eigenvalue weighted by molar-refractivity contribution is 1.08. The predicted molar refractivity (Wildman–Crippen MR) is 166 cm³/mol. The Hall–Kier alpha value is -5.48. The molecule has 0 unspecified atom stereocenters. The van der Waals surface area contributed by atoms with Crippen molar-refractivity contribution in [1.29, 1.82) is 0 Å². The van der Waals surface area contributed by atoms with Crippen molar-refractivity contribution >= 4 is 45.3 Å². The van der Waals surface area contributed by atoms with Gasteiger partial charge in [0.1, 0.15) is 5.82 Å². The molecule has 0 radical (unpaired) electrons. The van der Waals surface area contributed by atoms with Crippen molar-refractivity contribution in [2.24, 2.45) is 0 Å². The van der Waals surface area contributed by atoms with E-state index in [2.05, 4.69) is 118 Å². The summed E-state index contributed by atoms with van der Waals surface area (Å²) in [6.07, 6.45) is 8.08. The van der Waals surface area contributed by atoms with Gasteiger partial charge in [0.2, 0.25) is 0 Å². The third-order valence-corrected chi connectivity index (χ3v) is 7.69. The highest BCUT2D eigenvalue weighted by molar-refractivity contribution is 6.10. The average molecular weight is 513 g/mol. The summed E-state index contributed by atoms with van der Waals surface area (Å²) in [7, 11) is 0. The summed E-state index contributed by atoms with van der Waals surface area (Å²) < 4.78 is 2.26. The van der Waals surface area contributed by atoms with Crippen molar-refractivity contribution in [2.75, 3.05) is 5.32 Å². The molecule has 0 fully saturated rings. The molecule has 8 rings (SSSR count). The van der Waals surface area contributed by atoms with Crippen molar-refractivity contribution in [3.8, 4) is 28.2 Å². The quantitative estimate of drug-likeness (QED) is 0.257. The maximum Gasteiger partial charge on any atom is 0.137 e. The van der Waals surface area contributed by atoms with Gasteiger partial charge in [-0.3, -0.25) is 9.55 Å². The fourth-order valence-electron chi connectivity index (χ4n) is 5.85. The topological polar surface area (TPSA) is 42.7 Å². The Labute approximate surface area is 231 Å². The number of hydrogen-bond acceptors (Lipinski definition) is 3. The molecule has 7 aromatic rings. The molecule has 0 saturated heterocycles. The molecule has 0 spiro atoms. The van der Waals surface area contributed by atoms with Gasteiger partial charge in [-0.2, -0.15) is 0 Å². The van der Waals surface area contributed by atoms with Gasteiger partial charge in [0, 0.05) is 34.3 Å². The minimum Gasteiger partial charge on any atom is -0.353 e. The van der Waals surface area contributed by atoms with E-state index in [0.717, 1.165) is 61.7 Å². The van der Waals surface area contributed by atoms with E-state index < -0.39 is 0 Å². The summed E-state index contributed by atoms with van der Waals surface area (Å²) in [5, 5.41) is 6.27. The molecule has 188 valence electrons. The van der Waals surface area contributed by atoms with Crippen molar-refractivity contribution in [1.82, 2.24) is 14.5 Å². The summed E-state index contributed by atoms with van der Waals surface area (Å²) in [6.45, 7) is 0. The molecule has 4 heteroatoms. The number of anilines is 2. The van der Waals surface area contributed by atoms with Crippen LogP contribution in [0.5, 0.6) is 0 Å². The lowest BCUT2D eigenvalue weighted by Gasteiger charge is -2.18. The van der Waals surface area contributed by atoms with Crippen LogP contribution in [0.2, 0.25) is 0 Å². The molecule has 4 heterocycles. The Bertz CT molecular complexity index is 2070. The predicted octanol–water partition coefficient (Wildman–Crippen LogP) is 9.14. The fraction of sp³-hybridized carbons (Fsp3) is 0. The molecule has 4 aromatic carbocycles. The third-order valence-electron chi connectivity index (χ3n) is 7.69. The zero-order valence-corrected chi connectivity index (χ0v) is 21.6. The summed E-state index contributed by atoms with van der Waals surface area (Å²) in [6, 6.07) is 40.3. The van der Waals surface area contributed by atoms with Crippen molar-refractivity contribution < 1.29 is 0 Å². The highest BCUT2D eigenvalue weighted by atomic mass is 15.1. The smallest absolute Gasteiger partial charge is 0.137 e. The monoisotopic (exact) mass is 512 g/mol. The standard InChI is InChI=1S/C36H24N4/c1-2-15-32-28(11-1)29-20-19-26(23-33(29)40(32)34-16-4-6-22-38-34)27-12-7-9-24-17-18-25-10-8-13-30(36(25)39-35(24)27)31-14-3-5-21-37-31/h1-23,39H. The lowest BCUT2D eigenvalue weighted by atomic mass is 9.98. The van der Waals surface area contributed by atoms with Crippen LogP contribution in [0.3, 0.4) is 0 Å². The fourth-order valence-corrected chi connectivity index (χ4v) is 5.85. The highest BCUT2D eigenvalue weighted by Crippen LogP contribution is 2.42. The van der Waals surface area contributed by atoms with Crippen LogP contribution in [0.25, 0.3) is 62.2 Å². The number of nitrogens with one attached hydrogen (secondary N) is 1. The van der Waals surface area contributed by atoms with Gasteiger partial charge in [0.05, 0.1) is 28.1 Å². The van der Waals surface area contributed by atoms with Gasteiger partial charge >= 0.3 is 0 Å². The molecule has 40 heavy (non-hydrogen) atoms. The van der Waals surface area contributed by atoms with Crippen molar-refractivity contribution in [3.05, 3.63) is 139 Å². The molecule has 4 nitrogen and oxygen atoms in total. The number of benzene rings is 4. The lowest BCUT2D eigenvalue weighted by Crippen LogP contribution is -2.00.